The Labute approximate surface area is 258 Å². The molecule has 4 aromatic rings. The summed E-state index contributed by atoms with van der Waals surface area (Å²) in [6, 6.07) is 18.0. The molecule has 2 aliphatic heterocycles. The number of benzene rings is 2. The lowest BCUT2D eigenvalue weighted by atomic mass is 9.95. The van der Waals surface area contributed by atoms with Gasteiger partial charge in [0.15, 0.2) is 0 Å². The number of hydrazine groups is 1. The number of hydrogen-bond acceptors (Lipinski definition) is 7. The third-order valence-corrected chi connectivity index (χ3v) is 9.24. The second-order valence-corrected chi connectivity index (χ2v) is 12.2. The van der Waals surface area contributed by atoms with Gasteiger partial charge in [0.2, 0.25) is 11.8 Å². The van der Waals surface area contributed by atoms with E-state index >= 15 is 0 Å². The number of urea groups is 1. The van der Waals surface area contributed by atoms with Crippen LogP contribution in [0.4, 0.5) is 4.79 Å². The van der Waals surface area contributed by atoms with Gasteiger partial charge in [-0.25, -0.2) is 19.8 Å². The number of carbonyl (C=O) groups is 3. The molecule has 0 saturated carbocycles. The number of thiophene rings is 1. The van der Waals surface area contributed by atoms with Gasteiger partial charge in [-0.2, -0.15) is 0 Å². The zero-order valence-electron chi connectivity index (χ0n) is 23.7. The van der Waals surface area contributed by atoms with Gasteiger partial charge >= 0.3 is 6.03 Å². The highest BCUT2D eigenvalue weighted by atomic mass is 35.5. The third-order valence-electron chi connectivity index (χ3n) is 8.04. The van der Waals surface area contributed by atoms with Crippen LogP contribution in [-0.2, 0) is 29.1 Å². The number of halogens is 1. The molecule has 0 radical (unpaired) electrons. The summed E-state index contributed by atoms with van der Waals surface area (Å²) in [5.41, 5.74) is 3.29. The topological polar surface area (TPSA) is 109 Å². The van der Waals surface area contributed by atoms with Crippen molar-refractivity contribution in [1.29, 1.82) is 0 Å². The predicted molar refractivity (Wildman–Crippen MR) is 164 cm³/mol. The number of phenols is 1. The van der Waals surface area contributed by atoms with Crippen molar-refractivity contribution in [2.45, 2.75) is 44.7 Å². The summed E-state index contributed by atoms with van der Waals surface area (Å²) >= 11 is 7.74. The Morgan fingerprint density at radius 1 is 1.07 bits per heavy atom. The van der Waals surface area contributed by atoms with Gasteiger partial charge in [-0.15, -0.1) is 11.3 Å². The van der Waals surface area contributed by atoms with Crippen LogP contribution < -0.4 is 5.32 Å². The molecule has 0 aliphatic carbocycles. The number of pyridine rings is 1. The molecule has 2 aromatic carbocycles. The van der Waals surface area contributed by atoms with E-state index in [9.17, 15) is 19.5 Å². The Kier molecular flexibility index (Phi) is 7.95. The van der Waals surface area contributed by atoms with Gasteiger partial charge in [-0.05, 0) is 47.7 Å². The summed E-state index contributed by atoms with van der Waals surface area (Å²) in [7, 11) is 1.71. The number of nitrogens with zero attached hydrogens (tertiary/aromatic N) is 5. The molecule has 12 heteroatoms. The van der Waals surface area contributed by atoms with Gasteiger partial charge in [-0.1, -0.05) is 54.1 Å². The molecule has 43 heavy (non-hydrogen) atoms. The number of fused-ring (bicyclic) bond motifs is 2. The lowest BCUT2D eigenvalue weighted by Crippen LogP contribution is -2.78. The lowest BCUT2D eigenvalue weighted by Gasteiger charge is -2.57. The highest BCUT2D eigenvalue weighted by Gasteiger charge is 2.54. The molecule has 2 N–H and O–H groups in total. The van der Waals surface area contributed by atoms with Crippen LogP contribution in [0, 0.1) is 0 Å². The molecule has 2 aromatic heterocycles. The molecule has 1 unspecified atom stereocenters. The quantitative estimate of drug-likeness (QED) is 0.313. The summed E-state index contributed by atoms with van der Waals surface area (Å²) in [5, 5.41) is 18.3. The van der Waals surface area contributed by atoms with Crippen LogP contribution in [0.15, 0.2) is 72.1 Å². The fraction of sp³-hybridized carbons (Fsp3) is 0.290. The van der Waals surface area contributed by atoms with Crippen molar-refractivity contribution in [3.05, 3.63) is 94.0 Å². The van der Waals surface area contributed by atoms with Crippen molar-refractivity contribution in [3.8, 4) is 5.75 Å². The van der Waals surface area contributed by atoms with E-state index in [1.54, 1.807) is 57.2 Å². The van der Waals surface area contributed by atoms with E-state index in [1.807, 2.05) is 48.7 Å². The normalized spacial score (nSPS) is 20.9. The molecule has 2 fully saturated rings. The first kappa shape index (κ1) is 28.9. The number of hydrogen-bond donors (Lipinski definition) is 2. The second kappa shape index (κ2) is 11.8. The van der Waals surface area contributed by atoms with E-state index in [1.165, 1.54) is 11.3 Å². The summed E-state index contributed by atoms with van der Waals surface area (Å²) < 4.78 is 0.952. The van der Waals surface area contributed by atoms with Crippen molar-refractivity contribution in [3.63, 3.8) is 0 Å². The molecule has 0 spiro atoms. The second-order valence-electron chi connectivity index (χ2n) is 10.9. The zero-order valence-corrected chi connectivity index (χ0v) is 25.3. The minimum absolute atomic E-state index is 0.0566. The SMILES string of the molecule is C[C@H]1C2N(C(=O)CN(C)N2C(=O)NCc2ccccc2)[C@@H](Cc2ccc(O)cc2)C(=O)N1Cc1csc2ccc(Cl)nc12. The van der Waals surface area contributed by atoms with Gasteiger partial charge < -0.3 is 20.2 Å². The third kappa shape index (κ3) is 5.63. The molecule has 0 bridgehead atoms. The van der Waals surface area contributed by atoms with Crippen molar-refractivity contribution in [1.82, 2.24) is 30.1 Å². The van der Waals surface area contributed by atoms with Gasteiger partial charge in [0, 0.05) is 32.1 Å². The van der Waals surface area contributed by atoms with Crippen LogP contribution in [-0.4, -0.2) is 79.6 Å². The number of phenolic OH excluding ortho intramolecular Hbond substituents is 1. The average molecular weight is 619 g/mol. The van der Waals surface area contributed by atoms with E-state index in [-0.39, 0.29) is 43.1 Å². The van der Waals surface area contributed by atoms with Crippen molar-refractivity contribution < 1.29 is 19.5 Å². The number of aromatic hydroxyl groups is 1. The maximum absolute atomic E-state index is 14.3. The van der Waals surface area contributed by atoms with E-state index < -0.39 is 18.2 Å². The highest BCUT2D eigenvalue weighted by molar-refractivity contribution is 7.17. The summed E-state index contributed by atoms with van der Waals surface area (Å²) in [5.74, 6) is -0.349. The number of piperazine rings is 1. The Morgan fingerprint density at radius 2 is 1.81 bits per heavy atom. The monoisotopic (exact) mass is 618 g/mol. The number of amides is 4. The molecule has 4 heterocycles. The first-order chi connectivity index (χ1) is 20.7. The minimum atomic E-state index is -0.863. The molecule has 6 rings (SSSR count). The van der Waals surface area contributed by atoms with Crippen molar-refractivity contribution in [2.24, 2.45) is 0 Å². The maximum Gasteiger partial charge on any atom is 0.334 e. The van der Waals surface area contributed by atoms with Crippen LogP contribution in [0.1, 0.15) is 23.6 Å². The Bertz CT molecular complexity index is 1670. The van der Waals surface area contributed by atoms with Gasteiger partial charge in [-0.3, -0.25) is 9.59 Å². The number of rotatable bonds is 6. The van der Waals surface area contributed by atoms with Gasteiger partial charge in [0.25, 0.3) is 0 Å². The number of nitrogens with one attached hydrogen (secondary N) is 1. The Morgan fingerprint density at radius 3 is 2.56 bits per heavy atom. The van der Waals surface area contributed by atoms with Gasteiger partial charge in [0.05, 0.1) is 22.8 Å². The van der Waals surface area contributed by atoms with Crippen LogP contribution >= 0.6 is 22.9 Å². The predicted octanol–water partition coefficient (Wildman–Crippen LogP) is 4.22. The number of carbonyl (C=O) groups excluding carboxylic acids is 3. The first-order valence-electron chi connectivity index (χ1n) is 14.0. The first-order valence-corrected chi connectivity index (χ1v) is 15.2. The van der Waals surface area contributed by atoms with E-state index in [0.29, 0.717) is 11.7 Å². The molecule has 2 saturated heterocycles. The van der Waals surface area contributed by atoms with Crippen molar-refractivity contribution in [2.75, 3.05) is 13.6 Å². The smallest absolute Gasteiger partial charge is 0.334 e. The minimum Gasteiger partial charge on any atom is -0.508 e. The molecule has 222 valence electrons. The Balaban J connectivity index is 1.37. The van der Waals surface area contributed by atoms with E-state index in [4.69, 9.17) is 11.6 Å². The standard InChI is InChI=1S/C31H31ClN6O4S/c1-19-29-37(27(40)17-35(2)38(29)31(42)33-15-21-6-4-3-5-7-21)24(14-20-8-10-23(39)11-9-20)30(41)36(19)16-22-18-43-25-12-13-26(32)34-28(22)25/h3-13,18-19,24,29,39H,14-17H2,1-2H3,(H,33,42)/t19-,24-,29?/m0/s1. The molecule has 2 aliphatic rings. The summed E-state index contributed by atoms with van der Waals surface area (Å²) in [4.78, 5) is 49.6. The molecule has 10 nitrogen and oxygen atoms in total. The Hall–Kier alpha value is -4.19. The van der Waals surface area contributed by atoms with Crippen LogP contribution in [0.25, 0.3) is 10.2 Å². The van der Waals surface area contributed by atoms with E-state index in [0.717, 1.165) is 26.9 Å². The van der Waals surface area contributed by atoms with Crippen molar-refractivity contribution >= 4 is 51.0 Å². The molecular weight excluding hydrogens is 588 g/mol. The van der Waals surface area contributed by atoms with Crippen LogP contribution in [0.3, 0.4) is 0 Å². The van der Waals surface area contributed by atoms with E-state index in [2.05, 4.69) is 10.3 Å². The maximum atomic E-state index is 14.3. The average Bonchev–Trinajstić information content (AvgIpc) is 3.39. The molecular formula is C31H31ClN6O4S. The highest BCUT2D eigenvalue weighted by Crippen LogP contribution is 2.34. The van der Waals surface area contributed by atoms with Gasteiger partial charge in [0.1, 0.15) is 23.1 Å². The number of likely N-dealkylation sites (N-methyl/N-ethyl adjacent to an activating group) is 1. The zero-order chi connectivity index (χ0) is 30.2. The molecule has 3 atom stereocenters. The summed E-state index contributed by atoms with van der Waals surface area (Å²) in [6.07, 6.45) is -0.536. The lowest BCUT2D eigenvalue weighted by molar-refractivity contribution is -0.196. The largest absolute Gasteiger partial charge is 0.508 e. The molecule has 4 amide bonds. The fourth-order valence-electron chi connectivity index (χ4n) is 5.91. The van der Waals surface area contributed by atoms with Crippen LogP contribution in [0.5, 0.6) is 5.75 Å². The fourth-order valence-corrected chi connectivity index (χ4v) is 6.95. The van der Waals surface area contributed by atoms with Crippen LogP contribution in [0.2, 0.25) is 5.15 Å². The summed E-state index contributed by atoms with van der Waals surface area (Å²) in [6.45, 7) is 2.36. The number of aromatic nitrogens is 1.